The number of rotatable bonds is 4. The van der Waals surface area contributed by atoms with E-state index in [1.165, 1.54) is 5.56 Å². The molecule has 1 N–H and O–H groups in total. The number of benzene rings is 2. The minimum absolute atomic E-state index is 0.0414. The monoisotopic (exact) mass is 361 g/mol. The van der Waals surface area contributed by atoms with Gasteiger partial charge in [-0.15, -0.1) is 0 Å². The predicted molar refractivity (Wildman–Crippen MR) is 104 cm³/mol. The standard InChI is InChI=1S/C22H23N3O2/c1-27-22(17-7-3-2-4-8-17)11-15-25(16-12-22)21(26)19-10-6-5-9-18(19)20-23-13-14-24-20/h2-10,13-14H,11-12,15-16H2,1H3,(H,23,24). The number of carbonyl (C=O) groups excluding carboxylic acids is 1. The third-order valence-corrected chi connectivity index (χ3v) is 5.46. The van der Waals surface area contributed by atoms with Crippen LogP contribution in [-0.2, 0) is 10.3 Å². The van der Waals surface area contributed by atoms with E-state index in [9.17, 15) is 4.79 Å². The second-order valence-electron chi connectivity index (χ2n) is 6.84. The number of methoxy groups -OCH3 is 1. The Labute approximate surface area is 159 Å². The van der Waals surface area contributed by atoms with E-state index in [1.54, 1.807) is 19.5 Å². The fourth-order valence-corrected chi connectivity index (χ4v) is 3.88. The van der Waals surface area contributed by atoms with Crippen LogP contribution in [0, 0.1) is 0 Å². The molecule has 138 valence electrons. The molecule has 1 amide bonds. The Morgan fingerprint density at radius 1 is 1.07 bits per heavy atom. The molecule has 1 fully saturated rings. The molecule has 0 unspecified atom stereocenters. The van der Waals surface area contributed by atoms with E-state index in [0.717, 1.165) is 18.4 Å². The summed E-state index contributed by atoms with van der Waals surface area (Å²) in [6, 6.07) is 17.9. The van der Waals surface area contributed by atoms with Gasteiger partial charge in [-0.25, -0.2) is 4.98 Å². The Balaban J connectivity index is 1.55. The van der Waals surface area contributed by atoms with E-state index >= 15 is 0 Å². The summed E-state index contributed by atoms with van der Waals surface area (Å²) in [6.07, 6.45) is 5.03. The van der Waals surface area contributed by atoms with E-state index in [-0.39, 0.29) is 11.5 Å². The lowest BCUT2D eigenvalue weighted by molar-refractivity contribution is -0.0574. The summed E-state index contributed by atoms with van der Waals surface area (Å²) < 4.78 is 5.93. The third-order valence-electron chi connectivity index (χ3n) is 5.46. The number of aromatic amines is 1. The lowest BCUT2D eigenvalue weighted by Gasteiger charge is -2.41. The molecule has 1 aliphatic rings. The van der Waals surface area contributed by atoms with E-state index in [2.05, 4.69) is 22.1 Å². The SMILES string of the molecule is COC1(c2ccccc2)CCN(C(=O)c2ccccc2-c2ncc[nH]2)CC1. The Morgan fingerprint density at radius 2 is 1.78 bits per heavy atom. The molecule has 5 heteroatoms. The van der Waals surface area contributed by atoms with Gasteiger partial charge in [0.15, 0.2) is 0 Å². The zero-order valence-electron chi connectivity index (χ0n) is 15.4. The first-order valence-electron chi connectivity index (χ1n) is 9.22. The minimum Gasteiger partial charge on any atom is -0.373 e. The van der Waals surface area contributed by atoms with Gasteiger partial charge >= 0.3 is 0 Å². The Morgan fingerprint density at radius 3 is 2.44 bits per heavy atom. The highest BCUT2D eigenvalue weighted by Gasteiger charge is 2.37. The van der Waals surface area contributed by atoms with Crippen molar-refractivity contribution in [1.82, 2.24) is 14.9 Å². The number of carbonyl (C=O) groups is 1. The van der Waals surface area contributed by atoms with Crippen molar-refractivity contribution in [3.8, 4) is 11.4 Å². The summed E-state index contributed by atoms with van der Waals surface area (Å²) in [4.78, 5) is 22.5. The normalized spacial score (nSPS) is 16.3. The highest BCUT2D eigenvalue weighted by Crippen LogP contribution is 2.36. The van der Waals surface area contributed by atoms with Crippen LogP contribution in [0.2, 0.25) is 0 Å². The second-order valence-corrected chi connectivity index (χ2v) is 6.84. The largest absolute Gasteiger partial charge is 0.373 e. The van der Waals surface area contributed by atoms with Gasteiger partial charge in [0.2, 0.25) is 0 Å². The van der Waals surface area contributed by atoms with Crippen LogP contribution in [0.3, 0.4) is 0 Å². The van der Waals surface area contributed by atoms with Crippen LogP contribution >= 0.6 is 0 Å². The van der Waals surface area contributed by atoms with Gasteiger partial charge in [0.25, 0.3) is 5.91 Å². The average Bonchev–Trinajstić information content (AvgIpc) is 3.29. The van der Waals surface area contributed by atoms with Crippen molar-refractivity contribution >= 4 is 5.91 Å². The molecule has 0 saturated carbocycles. The number of H-pyrrole nitrogens is 1. The van der Waals surface area contributed by atoms with Gasteiger partial charge in [-0.2, -0.15) is 0 Å². The van der Waals surface area contributed by atoms with Crippen LogP contribution in [0.5, 0.6) is 0 Å². The van der Waals surface area contributed by atoms with Gasteiger partial charge in [0, 0.05) is 38.2 Å². The number of ether oxygens (including phenoxy) is 1. The number of hydrogen-bond donors (Lipinski definition) is 1. The molecule has 3 aromatic rings. The van der Waals surface area contributed by atoms with Gasteiger partial charge in [-0.3, -0.25) is 4.79 Å². The molecular formula is C22H23N3O2. The number of aromatic nitrogens is 2. The molecule has 1 aromatic heterocycles. The Bertz CT molecular complexity index is 898. The first-order chi connectivity index (χ1) is 13.2. The van der Waals surface area contributed by atoms with Gasteiger partial charge in [0.05, 0.1) is 11.2 Å². The predicted octanol–water partition coefficient (Wildman–Crippen LogP) is 3.85. The third kappa shape index (κ3) is 3.26. The molecule has 0 spiro atoms. The Kier molecular flexibility index (Phi) is 4.77. The number of imidazole rings is 1. The van der Waals surface area contributed by atoms with Crippen LogP contribution in [-0.4, -0.2) is 41.0 Å². The maximum absolute atomic E-state index is 13.2. The van der Waals surface area contributed by atoms with Crippen molar-refractivity contribution < 1.29 is 9.53 Å². The maximum atomic E-state index is 13.2. The topological polar surface area (TPSA) is 58.2 Å². The molecule has 1 saturated heterocycles. The van der Waals surface area contributed by atoms with Gasteiger partial charge < -0.3 is 14.6 Å². The fraction of sp³-hybridized carbons (Fsp3) is 0.273. The summed E-state index contributed by atoms with van der Waals surface area (Å²) in [5.41, 5.74) is 2.37. The van der Waals surface area contributed by atoms with Crippen LogP contribution in [0.15, 0.2) is 67.0 Å². The number of amides is 1. The second kappa shape index (κ2) is 7.37. The van der Waals surface area contributed by atoms with Gasteiger partial charge in [0.1, 0.15) is 5.82 Å². The molecule has 0 atom stereocenters. The fourth-order valence-electron chi connectivity index (χ4n) is 3.88. The molecular weight excluding hydrogens is 338 g/mol. The molecule has 1 aliphatic heterocycles. The summed E-state index contributed by atoms with van der Waals surface area (Å²) in [7, 11) is 1.76. The highest BCUT2D eigenvalue weighted by atomic mass is 16.5. The van der Waals surface area contributed by atoms with Crippen LogP contribution in [0.4, 0.5) is 0 Å². The van der Waals surface area contributed by atoms with Gasteiger partial charge in [-0.05, 0) is 24.5 Å². The number of piperidine rings is 1. The lowest BCUT2D eigenvalue weighted by atomic mass is 9.84. The van der Waals surface area contributed by atoms with Crippen molar-refractivity contribution in [3.05, 3.63) is 78.1 Å². The quantitative estimate of drug-likeness (QED) is 0.768. The number of nitrogens with zero attached hydrogens (tertiary/aromatic N) is 2. The van der Waals surface area contributed by atoms with Gasteiger partial charge in [-0.1, -0.05) is 48.5 Å². The molecule has 0 radical (unpaired) electrons. The first kappa shape index (κ1) is 17.5. The van der Waals surface area contributed by atoms with Crippen LogP contribution < -0.4 is 0 Å². The van der Waals surface area contributed by atoms with E-state index < -0.39 is 0 Å². The highest BCUT2D eigenvalue weighted by molar-refractivity contribution is 6.00. The van der Waals surface area contributed by atoms with Crippen molar-refractivity contribution in [2.45, 2.75) is 18.4 Å². The van der Waals surface area contributed by atoms with E-state index in [4.69, 9.17) is 4.74 Å². The van der Waals surface area contributed by atoms with Crippen molar-refractivity contribution in [2.24, 2.45) is 0 Å². The van der Waals surface area contributed by atoms with Crippen molar-refractivity contribution in [2.75, 3.05) is 20.2 Å². The number of likely N-dealkylation sites (tertiary alicyclic amines) is 1. The van der Waals surface area contributed by atoms with Crippen LogP contribution in [0.1, 0.15) is 28.8 Å². The minimum atomic E-state index is -0.321. The molecule has 27 heavy (non-hydrogen) atoms. The van der Waals surface area contributed by atoms with Crippen LogP contribution in [0.25, 0.3) is 11.4 Å². The summed E-state index contributed by atoms with van der Waals surface area (Å²) >= 11 is 0. The van der Waals surface area contributed by atoms with E-state index in [1.807, 2.05) is 47.4 Å². The van der Waals surface area contributed by atoms with E-state index in [0.29, 0.717) is 24.5 Å². The first-order valence-corrected chi connectivity index (χ1v) is 9.22. The molecule has 4 rings (SSSR count). The summed E-state index contributed by atoms with van der Waals surface area (Å²) in [5.74, 6) is 0.756. The van der Waals surface area contributed by atoms with Crippen molar-refractivity contribution in [3.63, 3.8) is 0 Å². The smallest absolute Gasteiger partial charge is 0.254 e. The molecule has 2 aromatic carbocycles. The number of nitrogens with one attached hydrogen (secondary N) is 1. The Hall–Kier alpha value is -2.92. The van der Waals surface area contributed by atoms with Crippen molar-refractivity contribution in [1.29, 1.82) is 0 Å². The lowest BCUT2D eigenvalue weighted by Crippen LogP contribution is -2.46. The summed E-state index contributed by atoms with van der Waals surface area (Å²) in [6.45, 7) is 1.32. The zero-order valence-corrected chi connectivity index (χ0v) is 15.4. The zero-order chi connectivity index (χ0) is 18.7. The molecule has 5 nitrogen and oxygen atoms in total. The number of hydrogen-bond acceptors (Lipinski definition) is 3. The summed E-state index contributed by atoms with van der Waals surface area (Å²) in [5, 5.41) is 0. The molecule has 0 aliphatic carbocycles. The molecule has 2 heterocycles. The maximum Gasteiger partial charge on any atom is 0.254 e. The average molecular weight is 361 g/mol. The molecule has 0 bridgehead atoms.